The second kappa shape index (κ2) is 5.12. The molecule has 1 fully saturated rings. The highest BCUT2D eigenvalue weighted by molar-refractivity contribution is 5.91. The van der Waals surface area contributed by atoms with Gasteiger partial charge in [0.05, 0.1) is 6.33 Å². The van der Waals surface area contributed by atoms with Gasteiger partial charge in [0.15, 0.2) is 0 Å². The van der Waals surface area contributed by atoms with E-state index in [1.54, 1.807) is 12.5 Å². The van der Waals surface area contributed by atoms with Gasteiger partial charge >= 0.3 is 0 Å². The SMILES string of the molecule is NCCn1cnc(C(=O)NCC2CCC2)c1. The van der Waals surface area contributed by atoms with Gasteiger partial charge in [0.2, 0.25) is 0 Å². The van der Waals surface area contributed by atoms with E-state index in [4.69, 9.17) is 5.73 Å². The van der Waals surface area contributed by atoms with Gasteiger partial charge in [-0.3, -0.25) is 4.79 Å². The van der Waals surface area contributed by atoms with Crippen LogP contribution in [-0.2, 0) is 6.54 Å². The summed E-state index contributed by atoms with van der Waals surface area (Å²) in [4.78, 5) is 15.7. The number of imidazole rings is 1. The molecule has 0 radical (unpaired) electrons. The van der Waals surface area contributed by atoms with Gasteiger partial charge in [0, 0.05) is 25.8 Å². The maximum atomic E-state index is 11.7. The Labute approximate surface area is 95.0 Å². The molecule has 1 amide bonds. The highest BCUT2D eigenvalue weighted by atomic mass is 16.1. The minimum atomic E-state index is -0.0809. The van der Waals surface area contributed by atoms with Crippen LogP contribution in [0.25, 0.3) is 0 Å². The second-order valence-electron chi connectivity index (χ2n) is 4.29. The van der Waals surface area contributed by atoms with Crippen molar-refractivity contribution in [3.63, 3.8) is 0 Å². The van der Waals surface area contributed by atoms with E-state index >= 15 is 0 Å². The van der Waals surface area contributed by atoms with Crippen molar-refractivity contribution in [3.8, 4) is 0 Å². The Morgan fingerprint density at radius 2 is 2.44 bits per heavy atom. The second-order valence-corrected chi connectivity index (χ2v) is 4.29. The molecule has 0 spiro atoms. The predicted molar refractivity (Wildman–Crippen MR) is 61.0 cm³/mol. The molecule has 5 nitrogen and oxygen atoms in total. The first-order valence-corrected chi connectivity index (χ1v) is 5.79. The molecule has 1 aromatic heterocycles. The van der Waals surface area contributed by atoms with Gasteiger partial charge in [-0.05, 0) is 18.8 Å². The van der Waals surface area contributed by atoms with E-state index in [2.05, 4.69) is 10.3 Å². The third-order valence-electron chi connectivity index (χ3n) is 3.03. The molecule has 3 N–H and O–H groups in total. The van der Waals surface area contributed by atoms with Crippen molar-refractivity contribution < 1.29 is 4.79 Å². The van der Waals surface area contributed by atoms with Crippen LogP contribution in [0, 0.1) is 5.92 Å². The van der Waals surface area contributed by atoms with Crippen molar-refractivity contribution in [1.29, 1.82) is 0 Å². The minimum absolute atomic E-state index is 0.0809. The average molecular weight is 222 g/mol. The van der Waals surface area contributed by atoms with Crippen LogP contribution in [0.1, 0.15) is 29.8 Å². The smallest absolute Gasteiger partial charge is 0.271 e. The molecule has 1 aliphatic rings. The Morgan fingerprint density at radius 3 is 3.06 bits per heavy atom. The number of nitrogens with one attached hydrogen (secondary N) is 1. The lowest BCUT2D eigenvalue weighted by Gasteiger charge is -2.25. The van der Waals surface area contributed by atoms with Gasteiger partial charge in [-0.25, -0.2) is 4.98 Å². The van der Waals surface area contributed by atoms with Crippen LogP contribution in [-0.4, -0.2) is 28.5 Å². The van der Waals surface area contributed by atoms with Gasteiger partial charge in [-0.1, -0.05) is 6.42 Å². The Bertz CT molecular complexity index is 357. The van der Waals surface area contributed by atoms with Gasteiger partial charge in [0.1, 0.15) is 5.69 Å². The van der Waals surface area contributed by atoms with Gasteiger partial charge in [0.25, 0.3) is 5.91 Å². The molecule has 1 aromatic rings. The summed E-state index contributed by atoms with van der Waals surface area (Å²) in [6.07, 6.45) is 7.16. The maximum absolute atomic E-state index is 11.7. The number of hydrogen-bond acceptors (Lipinski definition) is 3. The van der Waals surface area contributed by atoms with Crippen LogP contribution in [0.4, 0.5) is 0 Å². The van der Waals surface area contributed by atoms with E-state index in [0.717, 1.165) is 6.54 Å². The molecule has 1 aliphatic carbocycles. The first-order valence-electron chi connectivity index (χ1n) is 5.79. The van der Waals surface area contributed by atoms with Crippen molar-refractivity contribution >= 4 is 5.91 Å². The number of aromatic nitrogens is 2. The van der Waals surface area contributed by atoms with Crippen molar-refractivity contribution in [2.75, 3.05) is 13.1 Å². The quantitative estimate of drug-likeness (QED) is 0.756. The standard InChI is InChI=1S/C11H18N4O/c12-4-5-15-7-10(14-8-15)11(16)13-6-9-2-1-3-9/h7-9H,1-6,12H2,(H,13,16). The highest BCUT2D eigenvalue weighted by Crippen LogP contribution is 2.25. The van der Waals surface area contributed by atoms with E-state index in [1.165, 1.54) is 19.3 Å². The molecule has 16 heavy (non-hydrogen) atoms. The lowest BCUT2D eigenvalue weighted by Crippen LogP contribution is -2.32. The number of hydrogen-bond donors (Lipinski definition) is 2. The molecule has 5 heteroatoms. The molecule has 1 heterocycles. The summed E-state index contributed by atoms with van der Waals surface area (Å²) in [5.74, 6) is 0.595. The van der Waals surface area contributed by atoms with Crippen LogP contribution in [0.5, 0.6) is 0 Å². The summed E-state index contributed by atoms with van der Waals surface area (Å²) < 4.78 is 1.83. The van der Waals surface area contributed by atoms with Crippen molar-refractivity contribution in [2.45, 2.75) is 25.8 Å². The molecule has 2 rings (SSSR count). The number of nitrogens with two attached hydrogens (primary N) is 1. The molecule has 0 saturated heterocycles. The molecular weight excluding hydrogens is 204 g/mol. The first-order chi connectivity index (χ1) is 7.79. The lowest BCUT2D eigenvalue weighted by atomic mass is 9.85. The summed E-state index contributed by atoms with van der Waals surface area (Å²) in [5.41, 5.74) is 5.90. The summed E-state index contributed by atoms with van der Waals surface area (Å²) in [6.45, 7) is 2.03. The number of nitrogens with zero attached hydrogens (tertiary/aromatic N) is 2. The largest absolute Gasteiger partial charge is 0.350 e. The average Bonchev–Trinajstić information content (AvgIpc) is 2.64. The Balaban J connectivity index is 1.82. The monoisotopic (exact) mass is 222 g/mol. The van der Waals surface area contributed by atoms with Crippen LogP contribution in [0.3, 0.4) is 0 Å². The number of amides is 1. The zero-order chi connectivity index (χ0) is 11.4. The van der Waals surface area contributed by atoms with Crippen LogP contribution in [0.15, 0.2) is 12.5 Å². The fourth-order valence-corrected chi connectivity index (χ4v) is 1.77. The van der Waals surface area contributed by atoms with E-state index in [0.29, 0.717) is 24.7 Å². The Hall–Kier alpha value is -1.36. The Kier molecular flexibility index (Phi) is 3.56. The molecule has 0 aromatic carbocycles. The fourth-order valence-electron chi connectivity index (χ4n) is 1.77. The summed E-state index contributed by atoms with van der Waals surface area (Å²) >= 11 is 0. The summed E-state index contributed by atoms with van der Waals surface area (Å²) in [5, 5.41) is 2.91. The van der Waals surface area contributed by atoms with Crippen LogP contribution >= 0.6 is 0 Å². The highest BCUT2D eigenvalue weighted by Gasteiger charge is 2.18. The zero-order valence-electron chi connectivity index (χ0n) is 9.35. The number of carbonyl (C=O) groups excluding carboxylic acids is 1. The molecular formula is C11H18N4O. The molecule has 88 valence electrons. The van der Waals surface area contributed by atoms with E-state index in [1.807, 2.05) is 4.57 Å². The third-order valence-corrected chi connectivity index (χ3v) is 3.03. The first kappa shape index (κ1) is 11.1. The number of carbonyl (C=O) groups is 1. The van der Waals surface area contributed by atoms with Gasteiger partial charge in [-0.2, -0.15) is 0 Å². The van der Waals surface area contributed by atoms with Crippen LogP contribution < -0.4 is 11.1 Å². The van der Waals surface area contributed by atoms with Crippen LogP contribution in [0.2, 0.25) is 0 Å². The molecule has 0 unspecified atom stereocenters. The summed E-state index contributed by atoms with van der Waals surface area (Å²) in [6, 6.07) is 0. The van der Waals surface area contributed by atoms with Gasteiger partial charge in [-0.15, -0.1) is 0 Å². The molecule has 0 atom stereocenters. The van der Waals surface area contributed by atoms with Crippen molar-refractivity contribution in [2.24, 2.45) is 11.7 Å². The predicted octanol–water partition coefficient (Wildman–Crippen LogP) is 0.372. The maximum Gasteiger partial charge on any atom is 0.271 e. The molecule has 1 saturated carbocycles. The van der Waals surface area contributed by atoms with E-state index < -0.39 is 0 Å². The van der Waals surface area contributed by atoms with E-state index in [9.17, 15) is 4.79 Å². The minimum Gasteiger partial charge on any atom is -0.350 e. The lowest BCUT2D eigenvalue weighted by molar-refractivity contribution is 0.0934. The van der Waals surface area contributed by atoms with Crippen molar-refractivity contribution in [1.82, 2.24) is 14.9 Å². The third kappa shape index (κ3) is 2.61. The molecule has 0 bridgehead atoms. The Morgan fingerprint density at radius 1 is 1.62 bits per heavy atom. The molecule has 0 aliphatic heterocycles. The van der Waals surface area contributed by atoms with Gasteiger partial charge < -0.3 is 15.6 Å². The topological polar surface area (TPSA) is 72.9 Å². The number of rotatable bonds is 5. The van der Waals surface area contributed by atoms with E-state index in [-0.39, 0.29) is 5.91 Å². The fraction of sp³-hybridized carbons (Fsp3) is 0.636. The normalized spacial score (nSPS) is 15.8. The summed E-state index contributed by atoms with van der Waals surface area (Å²) in [7, 11) is 0. The zero-order valence-corrected chi connectivity index (χ0v) is 9.35. The van der Waals surface area contributed by atoms with Crippen molar-refractivity contribution in [3.05, 3.63) is 18.2 Å².